The lowest BCUT2D eigenvalue weighted by molar-refractivity contribution is 0.410. The third-order valence-corrected chi connectivity index (χ3v) is 4.88. The summed E-state index contributed by atoms with van der Waals surface area (Å²) in [5.74, 6) is 0.841. The molecule has 1 heterocycles. The summed E-state index contributed by atoms with van der Waals surface area (Å²) < 4.78 is 6.96. The molecule has 0 saturated heterocycles. The van der Waals surface area contributed by atoms with Gasteiger partial charge >= 0.3 is 0 Å². The van der Waals surface area contributed by atoms with Crippen LogP contribution >= 0.6 is 0 Å². The van der Waals surface area contributed by atoms with Gasteiger partial charge in [0.05, 0.1) is 19.3 Å². The highest BCUT2D eigenvalue weighted by molar-refractivity contribution is 5.68. The van der Waals surface area contributed by atoms with Crippen molar-refractivity contribution in [3.8, 4) is 5.75 Å². The monoisotopic (exact) mass is 324 g/mol. The smallest absolute Gasteiger partial charge is 0.267 e. The zero-order valence-corrected chi connectivity index (χ0v) is 14.8. The summed E-state index contributed by atoms with van der Waals surface area (Å²) in [6, 6.07) is 5.73. The molecule has 0 bridgehead atoms. The number of ether oxygens (including phenoxy) is 1. The minimum absolute atomic E-state index is 0.0509. The Morgan fingerprint density at radius 3 is 2.71 bits per heavy atom. The normalized spacial score (nSPS) is 13.9. The molecule has 0 spiro atoms. The van der Waals surface area contributed by atoms with Gasteiger partial charge in [0.25, 0.3) is 5.56 Å². The molecule has 0 amide bonds. The van der Waals surface area contributed by atoms with Gasteiger partial charge in [-0.1, -0.05) is 12.1 Å². The largest absolute Gasteiger partial charge is 0.496 e. The van der Waals surface area contributed by atoms with Crippen molar-refractivity contribution in [2.45, 2.75) is 46.6 Å². The van der Waals surface area contributed by atoms with Crippen molar-refractivity contribution in [3.63, 3.8) is 0 Å². The molecule has 0 saturated carbocycles. The number of benzene rings is 1. The molecule has 2 aromatic rings. The van der Waals surface area contributed by atoms with Gasteiger partial charge < -0.3 is 4.74 Å². The van der Waals surface area contributed by atoms with Gasteiger partial charge in [0, 0.05) is 11.6 Å². The number of aryl methyl sites for hydroxylation is 2. The number of hydrogen-bond acceptors (Lipinski definition) is 3. The molecule has 0 atom stereocenters. The molecule has 24 heavy (non-hydrogen) atoms. The van der Waals surface area contributed by atoms with Crippen molar-refractivity contribution in [2.24, 2.45) is 0 Å². The summed E-state index contributed by atoms with van der Waals surface area (Å²) in [7, 11) is 1.67. The van der Waals surface area contributed by atoms with Crippen molar-refractivity contribution in [3.05, 3.63) is 62.6 Å². The van der Waals surface area contributed by atoms with Gasteiger partial charge in [0.1, 0.15) is 5.75 Å². The highest BCUT2D eigenvalue weighted by atomic mass is 16.5. The number of hydrogen-bond donors (Lipinski definition) is 0. The molecule has 4 nitrogen and oxygen atoms in total. The van der Waals surface area contributed by atoms with E-state index in [0.717, 1.165) is 46.5 Å². The summed E-state index contributed by atoms with van der Waals surface area (Å²) in [6.07, 6.45) is 5.53. The Labute approximate surface area is 142 Å². The molecular weight excluding hydrogens is 300 g/mol. The Bertz CT molecular complexity index is 863. The SMILES string of the molecule is COc1ccc(C)c(Cn2nc(C)c(C3=CCCC3)cc2=O)c1C. The van der Waals surface area contributed by atoms with Crippen LogP contribution in [0, 0.1) is 20.8 Å². The standard InChI is InChI=1S/C20H24N2O2/c1-13-9-10-19(24-4)14(2)18(13)12-22-20(23)11-17(15(3)21-22)16-7-5-6-8-16/h7,9-11H,5-6,8,12H2,1-4H3. The second-order valence-corrected chi connectivity index (χ2v) is 6.45. The van der Waals surface area contributed by atoms with Gasteiger partial charge in [-0.05, 0) is 68.4 Å². The molecule has 1 aromatic heterocycles. The number of nitrogens with zero attached hydrogens (tertiary/aromatic N) is 2. The fraction of sp³-hybridized carbons (Fsp3) is 0.400. The van der Waals surface area contributed by atoms with Crippen LogP contribution < -0.4 is 10.3 Å². The predicted molar refractivity (Wildman–Crippen MR) is 96.6 cm³/mol. The van der Waals surface area contributed by atoms with Gasteiger partial charge in [-0.25, -0.2) is 4.68 Å². The first-order valence-electron chi connectivity index (χ1n) is 8.42. The highest BCUT2D eigenvalue weighted by Crippen LogP contribution is 2.28. The number of methoxy groups -OCH3 is 1. The molecule has 0 unspecified atom stereocenters. The maximum atomic E-state index is 12.6. The van der Waals surface area contributed by atoms with E-state index in [-0.39, 0.29) is 5.56 Å². The Hall–Kier alpha value is -2.36. The van der Waals surface area contributed by atoms with Crippen molar-refractivity contribution in [1.82, 2.24) is 9.78 Å². The van der Waals surface area contributed by atoms with E-state index in [2.05, 4.69) is 18.1 Å². The van der Waals surface area contributed by atoms with Crippen LogP contribution in [0.2, 0.25) is 0 Å². The minimum Gasteiger partial charge on any atom is -0.496 e. The fourth-order valence-corrected chi connectivity index (χ4v) is 3.43. The van der Waals surface area contributed by atoms with Crippen LogP contribution in [-0.2, 0) is 6.54 Å². The Kier molecular flexibility index (Phi) is 4.56. The van der Waals surface area contributed by atoms with Crippen LogP contribution in [0.3, 0.4) is 0 Å². The van der Waals surface area contributed by atoms with Crippen LogP contribution in [0.4, 0.5) is 0 Å². The van der Waals surface area contributed by atoms with E-state index in [9.17, 15) is 4.79 Å². The topological polar surface area (TPSA) is 44.1 Å². The Balaban J connectivity index is 2.00. The molecule has 1 aromatic carbocycles. The summed E-state index contributed by atoms with van der Waals surface area (Å²) in [5.41, 5.74) is 6.43. The van der Waals surface area contributed by atoms with Crippen LogP contribution in [0.25, 0.3) is 5.57 Å². The van der Waals surface area contributed by atoms with E-state index in [1.807, 2.05) is 26.0 Å². The second-order valence-electron chi connectivity index (χ2n) is 6.45. The molecule has 4 heteroatoms. The lowest BCUT2D eigenvalue weighted by Crippen LogP contribution is -2.25. The first kappa shape index (κ1) is 16.5. The lowest BCUT2D eigenvalue weighted by atomic mass is 10.0. The molecular formula is C20H24N2O2. The average Bonchev–Trinajstić information content (AvgIpc) is 3.08. The minimum atomic E-state index is -0.0509. The van der Waals surface area contributed by atoms with E-state index < -0.39 is 0 Å². The molecule has 1 aliphatic rings. The molecule has 1 aliphatic carbocycles. The van der Waals surface area contributed by atoms with E-state index >= 15 is 0 Å². The summed E-state index contributed by atoms with van der Waals surface area (Å²) in [6.45, 7) is 6.53. The summed E-state index contributed by atoms with van der Waals surface area (Å²) >= 11 is 0. The zero-order valence-electron chi connectivity index (χ0n) is 14.8. The number of aromatic nitrogens is 2. The third kappa shape index (κ3) is 3.01. The predicted octanol–water partition coefficient (Wildman–Crippen LogP) is 3.79. The van der Waals surface area contributed by atoms with Crippen LogP contribution in [0.5, 0.6) is 5.75 Å². The van der Waals surface area contributed by atoms with Crippen molar-refractivity contribution in [2.75, 3.05) is 7.11 Å². The molecule has 0 radical (unpaired) electrons. The average molecular weight is 324 g/mol. The van der Waals surface area contributed by atoms with Crippen LogP contribution in [0.1, 0.15) is 47.2 Å². The lowest BCUT2D eigenvalue weighted by Gasteiger charge is -2.15. The maximum Gasteiger partial charge on any atom is 0.267 e. The van der Waals surface area contributed by atoms with Gasteiger partial charge in [0.2, 0.25) is 0 Å². The van der Waals surface area contributed by atoms with E-state index in [4.69, 9.17) is 4.74 Å². The number of allylic oxidation sites excluding steroid dienone is 2. The number of rotatable bonds is 4. The fourth-order valence-electron chi connectivity index (χ4n) is 3.43. The molecule has 0 N–H and O–H groups in total. The van der Waals surface area contributed by atoms with Crippen LogP contribution in [-0.4, -0.2) is 16.9 Å². The van der Waals surface area contributed by atoms with Gasteiger partial charge in [-0.2, -0.15) is 5.10 Å². The molecule has 126 valence electrons. The van der Waals surface area contributed by atoms with Crippen molar-refractivity contribution >= 4 is 5.57 Å². The van der Waals surface area contributed by atoms with Gasteiger partial charge in [0.15, 0.2) is 0 Å². The van der Waals surface area contributed by atoms with Crippen molar-refractivity contribution < 1.29 is 4.74 Å². The second kappa shape index (κ2) is 6.63. The van der Waals surface area contributed by atoms with E-state index in [1.54, 1.807) is 17.9 Å². The van der Waals surface area contributed by atoms with E-state index in [1.165, 1.54) is 12.0 Å². The Morgan fingerprint density at radius 2 is 2.04 bits per heavy atom. The Morgan fingerprint density at radius 1 is 1.25 bits per heavy atom. The molecule has 0 fully saturated rings. The quantitative estimate of drug-likeness (QED) is 0.859. The van der Waals surface area contributed by atoms with E-state index in [0.29, 0.717) is 6.54 Å². The first-order valence-corrected chi connectivity index (χ1v) is 8.42. The zero-order chi connectivity index (χ0) is 17.3. The first-order chi connectivity index (χ1) is 11.5. The van der Waals surface area contributed by atoms with Crippen LogP contribution in [0.15, 0.2) is 29.1 Å². The summed E-state index contributed by atoms with van der Waals surface area (Å²) in [4.78, 5) is 12.6. The van der Waals surface area contributed by atoms with Crippen molar-refractivity contribution in [1.29, 1.82) is 0 Å². The summed E-state index contributed by atoms with van der Waals surface area (Å²) in [5, 5.41) is 4.57. The third-order valence-electron chi connectivity index (χ3n) is 4.88. The highest BCUT2D eigenvalue weighted by Gasteiger charge is 2.15. The van der Waals surface area contributed by atoms with Gasteiger partial charge in [-0.15, -0.1) is 0 Å². The molecule has 3 rings (SSSR count). The van der Waals surface area contributed by atoms with Gasteiger partial charge in [-0.3, -0.25) is 4.79 Å². The molecule has 0 aliphatic heterocycles. The maximum absolute atomic E-state index is 12.6.